The minimum atomic E-state index is -0.733. The van der Waals surface area contributed by atoms with Gasteiger partial charge >= 0.3 is 11.9 Å². The zero-order valence-electron chi connectivity index (χ0n) is 11.3. The molecule has 0 spiro atoms. The quantitative estimate of drug-likeness (QED) is 0.473. The molecule has 0 N–H and O–H groups in total. The van der Waals surface area contributed by atoms with Gasteiger partial charge in [-0.1, -0.05) is 16.6 Å². The van der Waals surface area contributed by atoms with Gasteiger partial charge in [0, 0.05) is 5.10 Å². The van der Waals surface area contributed by atoms with E-state index in [4.69, 9.17) is 16.3 Å². The lowest BCUT2D eigenvalue weighted by molar-refractivity contribution is -0.394. The summed E-state index contributed by atoms with van der Waals surface area (Å²) in [5, 5.41) is 13.9. The van der Waals surface area contributed by atoms with Crippen LogP contribution in [0.2, 0.25) is 5.02 Å². The smallest absolute Gasteiger partial charge is 0.460 e. The minimum Gasteiger partial charge on any atom is -0.460 e. The molecule has 22 heavy (non-hydrogen) atoms. The lowest BCUT2D eigenvalue weighted by Crippen LogP contribution is -2.13. The van der Waals surface area contributed by atoms with E-state index in [1.807, 2.05) is 0 Å². The Balaban J connectivity index is 1.95. The molecule has 0 bridgehead atoms. The van der Waals surface area contributed by atoms with Crippen molar-refractivity contribution in [2.45, 2.75) is 13.5 Å². The van der Waals surface area contributed by atoms with Crippen molar-refractivity contribution in [3.63, 3.8) is 0 Å². The molecular weight excluding hydrogens is 319 g/mol. The number of aryl methyl sites for hydroxylation is 1. The number of carbonyl (C=O) groups is 1. The molecule has 0 aliphatic heterocycles. The summed E-state index contributed by atoms with van der Waals surface area (Å²) in [5.41, 5.74) is 0.313. The van der Waals surface area contributed by atoms with E-state index in [1.165, 1.54) is 17.7 Å². The monoisotopic (exact) mass is 328 g/mol. The van der Waals surface area contributed by atoms with Gasteiger partial charge in [-0.05, 0) is 29.5 Å². The van der Waals surface area contributed by atoms with Crippen LogP contribution in [0.1, 0.15) is 15.9 Å². The molecule has 0 fully saturated rings. The fourth-order valence-electron chi connectivity index (χ4n) is 1.60. The van der Waals surface area contributed by atoms with Gasteiger partial charge in [0.1, 0.15) is 12.4 Å². The molecule has 0 amide bonds. The van der Waals surface area contributed by atoms with E-state index in [-0.39, 0.29) is 29.3 Å². The summed E-state index contributed by atoms with van der Waals surface area (Å²) in [4.78, 5) is 25.0. The molecule has 10 heteroatoms. The third kappa shape index (κ3) is 3.55. The zero-order valence-corrected chi connectivity index (χ0v) is 12.1. The van der Waals surface area contributed by atoms with Crippen LogP contribution in [-0.2, 0) is 11.3 Å². The number of rotatable bonds is 5. The molecule has 0 saturated carbocycles. The number of ether oxygens (including phenoxy) is 1. The number of aromatic nitrogens is 3. The van der Waals surface area contributed by atoms with Crippen LogP contribution in [0.5, 0.6) is 0 Å². The number of carbonyl (C=O) groups excluding carboxylic acids is 1. The fraction of sp³-hybridized carbons (Fsp3) is 0.250. The molecule has 0 aliphatic carbocycles. The first kappa shape index (κ1) is 15.8. The van der Waals surface area contributed by atoms with E-state index in [2.05, 4.69) is 10.1 Å². The van der Waals surface area contributed by atoms with E-state index < -0.39 is 22.7 Å². The topological polar surface area (TPSA) is 100 Å². The van der Waals surface area contributed by atoms with E-state index in [0.29, 0.717) is 0 Å². The summed E-state index contributed by atoms with van der Waals surface area (Å²) >= 11 is 5.79. The third-order valence-electron chi connectivity index (χ3n) is 2.71. The largest absolute Gasteiger partial charge is 0.490 e. The van der Waals surface area contributed by atoms with Gasteiger partial charge in [-0.15, -0.1) is 0 Å². The van der Waals surface area contributed by atoms with Crippen molar-refractivity contribution in [3.8, 4) is 0 Å². The third-order valence-corrected chi connectivity index (χ3v) is 3.02. The van der Waals surface area contributed by atoms with Gasteiger partial charge in [-0.3, -0.25) is 0 Å². The van der Waals surface area contributed by atoms with Crippen LogP contribution in [0, 0.1) is 22.9 Å². The zero-order chi connectivity index (χ0) is 16.3. The molecular formula is C12H10ClFN4O4. The molecule has 0 radical (unpaired) electrons. The molecule has 0 aliphatic rings. The van der Waals surface area contributed by atoms with Crippen LogP contribution in [0.25, 0.3) is 0 Å². The highest BCUT2D eigenvalue weighted by molar-refractivity contribution is 6.33. The minimum absolute atomic E-state index is 0.0464. The number of benzene rings is 1. The van der Waals surface area contributed by atoms with Gasteiger partial charge in [0.2, 0.25) is 6.33 Å². The number of hydrogen-bond acceptors (Lipinski definition) is 6. The van der Waals surface area contributed by atoms with Gasteiger partial charge in [-0.2, -0.15) is 4.68 Å². The van der Waals surface area contributed by atoms with Crippen LogP contribution in [0.3, 0.4) is 0 Å². The highest BCUT2D eigenvalue weighted by atomic mass is 35.5. The van der Waals surface area contributed by atoms with Gasteiger partial charge in [0.25, 0.3) is 0 Å². The standard InChI is InChI=1S/C12H10ClFN4O4/c1-7-4-8(9(13)5-10(7)14)11(19)22-3-2-17-6-15-12(16-17)18(20)21/h4-6H,2-3H2,1H3. The summed E-state index contributed by atoms with van der Waals surface area (Å²) in [6, 6.07) is 2.33. The average Bonchev–Trinajstić information content (AvgIpc) is 2.91. The van der Waals surface area contributed by atoms with Crippen molar-refractivity contribution >= 4 is 23.5 Å². The second-order valence-corrected chi connectivity index (χ2v) is 4.69. The molecule has 8 nitrogen and oxygen atoms in total. The summed E-state index contributed by atoms with van der Waals surface area (Å²) in [7, 11) is 0. The van der Waals surface area contributed by atoms with Crippen LogP contribution in [0.15, 0.2) is 18.5 Å². The summed E-state index contributed by atoms with van der Waals surface area (Å²) in [6.45, 7) is 1.49. The van der Waals surface area contributed by atoms with Gasteiger partial charge in [-0.25, -0.2) is 9.18 Å². The highest BCUT2D eigenvalue weighted by Crippen LogP contribution is 2.21. The van der Waals surface area contributed by atoms with Gasteiger partial charge in [0.15, 0.2) is 0 Å². The number of hydrogen-bond donors (Lipinski definition) is 0. The first-order valence-electron chi connectivity index (χ1n) is 6.05. The van der Waals surface area contributed by atoms with Crippen LogP contribution in [-0.4, -0.2) is 32.3 Å². The van der Waals surface area contributed by atoms with E-state index >= 15 is 0 Å². The number of nitro groups is 1. The summed E-state index contributed by atoms with van der Waals surface area (Å²) in [5.74, 6) is -1.78. The van der Waals surface area contributed by atoms with E-state index in [9.17, 15) is 19.3 Å². The van der Waals surface area contributed by atoms with Crippen molar-refractivity contribution in [1.82, 2.24) is 14.8 Å². The molecule has 1 aromatic carbocycles. The molecule has 2 aromatic rings. The number of esters is 1. The van der Waals surface area contributed by atoms with Crippen LogP contribution >= 0.6 is 11.6 Å². The Bertz CT molecular complexity index is 734. The molecule has 1 heterocycles. The van der Waals surface area contributed by atoms with Crippen molar-refractivity contribution in [3.05, 3.63) is 50.5 Å². The summed E-state index contributed by atoms with van der Waals surface area (Å²) in [6.07, 6.45) is 1.15. The Morgan fingerprint density at radius 3 is 2.91 bits per heavy atom. The number of nitrogens with zero attached hydrogens (tertiary/aromatic N) is 4. The van der Waals surface area contributed by atoms with Gasteiger partial charge < -0.3 is 14.9 Å². The maximum atomic E-state index is 13.3. The lowest BCUT2D eigenvalue weighted by atomic mass is 10.1. The maximum Gasteiger partial charge on any atom is 0.490 e. The van der Waals surface area contributed by atoms with Gasteiger partial charge in [0.05, 0.1) is 17.1 Å². The van der Waals surface area contributed by atoms with E-state index in [0.717, 1.165) is 12.4 Å². The van der Waals surface area contributed by atoms with Crippen LogP contribution < -0.4 is 0 Å². The molecule has 2 rings (SSSR count). The predicted octanol–water partition coefficient (Wildman–Crippen LogP) is 2.14. The first-order valence-corrected chi connectivity index (χ1v) is 6.43. The van der Waals surface area contributed by atoms with E-state index in [1.54, 1.807) is 0 Å². The molecule has 116 valence electrons. The molecule has 1 aromatic heterocycles. The summed E-state index contributed by atoms with van der Waals surface area (Å²) < 4.78 is 19.4. The predicted molar refractivity (Wildman–Crippen MR) is 73.1 cm³/mol. The van der Waals surface area contributed by atoms with Crippen molar-refractivity contribution in [2.24, 2.45) is 0 Å². The first-order chi connectivity index (χ1) is 10.4. The normalized spacial score (nSPS) is 10.5. The van der Waals surface area contributed by atoms with Crippen molar-refractivity contribution < 1.29 is 18.8 Å². The average molecular weight is 329 g/mol. The maximum absolute atomic E-state index is 13.3. The molecule has 0 saturated heterocycles. The Kier molecular flexibility index (Phi) is 4.66. The molecule has 0 atom stereocenters. The van der Waals surface area contributed by atoms with Crippen molar-refractivity contribution in [1.29, 1.82) is 0 Å². The Morgan fingerprint density at radius 2 is 2.27 bits per heavy atom. The molecule has 0 unspecified atom stereocenters. The second kappa shape index (κ2) is 6.48. The van der Waals surface area contributed by atoms with Crippen LogP contribution in [0.4, 0.5) is 10.3 Å². The Morgan fingerprint density at radius 1 is 1.55 bits per heavy atom. The SMILES string of the molecule is Cc1cc(C(=O)OCCn2cnc([N+](=O)[O-])n2)c(Cl)cc1F. The number of halogens is 2. The van der Waals surface area contributed by atoms with Crippen molar-refractivity contribution in [2.75, 3.05) is 6.61 Å². The highest BCUT2D eigenvalue weighted by Gasteiger charge is 2.16. The Labute approximate surface area is 128 Å². The lowest BCUT2D eigenvalue weighted by Gasteiger charge is -2.07. The fourth-order valence-corrected chi connectivity index (χ4v) is 1.83. The second-order valence-electron chi connectivity index (χ2n) is 4.28. The Hall–Kier alpha value is -2.55.